The Bertz CT molecular complexity index is 2420. The Morgan fingerprint density at radius 3 is 2.36 bits per heavy atom. The van der Waals surface area contributed by atoms with Crippen molar-refractivity contribution in [1.82, 2.24) is 10.6 Å². The molecule has 0 spiro atoms. The number of nitrogens with one attached hydrogen (secondary N) is 2. The number of carbonyl (C=O) groups is 6. The van der Waals surface area contributed by atoms with E-state index in [0.717, 1.165) is 5.56 Å². The number of amides is 3. The van der Waals surface area contributed by atoms with Crippen LogP contribution in [0, 0.1) is 13.8 Å². The molecule has 1 heterocycles. The number of imide groups is 1. The van der Waals surface area contributed by atoms with Crippen LogP contribution in [0.15, 0.2) is 30.3 Å². The maximum Gasteiger partial charge on any atom is 0.513 e. The summed E-state index contributed by atoms with van der Waals surface area (Å²) in [5, 5.41) is 51.4. The summed E-state index contributed by atoms with van der Waals surface area (Å²) in [6.45, 7) is 10.6. The zero-order chi connectivity index (χ0) is 48.4. The Balaban J connectivity index is 1.24. The average Bonchev–Trinajstić information content (AvgIpc) is 3.24. The van der Waals surface area contributed by atoms with Gasteiger partial charge >= 0.3 is 6.16 Å². The largest absolute Gasteiger partial charge is 0.513 e. The van der Waals surface area contributed by atoms with Crippen molar-refractivity contribution >= 4 is 35.4 Å². The van der Waals surface area contributed by atoms with Crippen molar-refractivity contribution in [2.75, 3.05) is 33.5 Å². The molecule has 66 heavy (non-hydrogen) atoms. The Hall–Kier alpha value is -5.96. The van der Waals surface area contributed by atoms with E-state index in [9.17, 15) is 49.2 Å². The molecule has 3 aromatic rings. The third-order valence-corrected chi connectivity index (χ3v) is 12.1. The summed E-state index contributed by atoms with van der Waals surface area (Å²) >= 11 is 0. The monoisotopic (exact) mass is 919 g/mol. The topological polar surface area (TPSA) is 289 Å². The number of fused-ring (bicyclic) bond motifs is 3. The lowest BCUT2D eigenvalue weighted by molar-refractivity contribution is -0.247. The molecule has 8 N–H and O–H groups in total. The second-order valence-electron chi connectivity index (χ2n) is 17.5. The van der Waals surface area contributed by atoms with E-state index in [0.29, 0.717) is 24.1 Å². The molecule has 1 fully saturated rings. The van der Waals surface area contributed by atoms with Crippen LogP contribution in [0.1, 0.15) is 119 Å². The van der Waals surface area contributed by atoms with Crippen molar-refractivity contribution in [1.29, 1.82) is 0 Å². The number of phenols is 2. The van der Waals surface area contributed by atoms with Crippen molar-refractivity contribution in [2.45, 2.75) is 115 Å². The Morgan fingerprint density at radius 2 is 1.68 bits per heavy atom. The van der Waals surface area contributed by atoms with Crippen LogP contribution in [0.4, 0.5) is 4.79 Å². The molecule has 6 rings (SSSR count). The molecule has 19 heteroatoms. The number of aryl methyl sites for hydroxylation is 2. The summed E-state index contributed by atoms with van der Waals surface area (Å²) in [6.07, 6.45) is -7.15. The first-order chi connectivity index (χ1) is 31.1. The molecular formula is C47H57N3O16. The number of methoxy groups -OCH3 is 1. The van der Waals surface area contributed by atoms with Gasteiger partial charge in [0.2, 0.25) is 17.6 Å². The van der Waals surface area contributed by atoms with E-state index < -0.39 is 107 Å². The summed E-state index contributed by atoms with van der Waals surface area (Å²) in [4.78, 5) is 80.4. The van der Waals surface area contributed by atoms with Crippen molar-refractivity contribution in [3.63, 3.8) is 0 Å². The molecule has 6 atom stereocenters. The van der Waals surface area contributed by atoms with Gasteiger partial charge < -0.3 is 59.9 Å². The highest BCUT2D eigenvalue weighted by Crippen LogP contribution is 2.52. The van der Waals surface area contributed by atoms with Gasteiger partial charge in [-0.15, -0.1) is 0 Å². The van der Waals surface area contributed by atoms with Gasteiger partial charge in [-0.2, -0.15) is 0 Å². The normalized spacial score (nSPS) is 22.4. The number of ether oxygens (including phenoxy) is 6. The first-order valence-electron chi connectivity index (χ1n) is 21.6. The van der Waals surface area contributed by atoms with E-state index in [4.69, 9.17) is 34.2 Å². The number of aliphatic hydroxyl groups is 2. The zero-order valence-corrected chi connectivity index (χ0v) is 37.9. The first kappa shape index (κ1) is 49.5. The number of benzene rings is 3. The number of aromatic hydroxyl groups is 2. The van der Waals surface area contributed by atoms with E-state index in [2.05, 4.69) is 10.6 Å². The lowest BCUT2D eigenvalue weighted by Crippen LogP contribution is -2.55. The van der Waals surface area contributed by atoms with Crippen molar-refractivity contribution in [3.8, 4) is 23.0 Å². The highest BCUT2D eigenvalue weighted by molar-refractivity contribution is 6.31. The summed E-state index contributed by atoms with van der Waals surface area (Å²) < 4.78 is 33.7. The lowest BCUT2D eigenvalue weighted by Gasteiger charge is -2.42. The molecule has 3 amide bonds. The standard InChI is InChI=1S/C47H57N3O16/c1-8-31(51)49-12-13-62-14-15-63-45(59)66-29-17-22(2)16-23(3)38(29)46(5,6)21-32(52)50-44(58)47(60)19-26-35(30(20-47)65-33-18-27(48)39(53)24(4)64-33)43(57)37-36(41(26)55)40(54)25-10-9-11-28(61-7)34(25)42(37)56/h9-11,16-17,24,27,30,33,39,53,55,57,60H,8,12-15,18-21,48H2,1-7H3,(H,49,51)(H,50,52,58)/t24?,27?,30-,33?,39?,47-/m0/s1. The van der Waals surface area contributed by atoms with Gasteiger partial charge in [-0.05, 0) is 44.0 Å². The predicted octanol–water partition coefficient (Wildman–Crippen LogP) is 3.13. The van der Waals surface area contributed by atoms with Crippen LogP contribution in [0.3, 0.4) is 0 Å². The van der Waals surface area contributed by atoms with E-state index in [1.807, 2.05) is 6.07 Å². The number of phenolic OH excluding ortho intramolecular Hbond substituents is 2. The molecule has 0 bridgehead atoms. The molecule has 3 aromatic carbocycles. The van der Waals surface area contributed by atoms with Crippen molar-refractivity contribution < 1.29 is 77.6 Å². The molecule has 1 saturated heterocycles. The minimum Gasteiger partial charge on any atom is -0.507 e. The van der Waals surface area contributed by atoms with Crippen LogP contribution < -0.4 is 25.8 Å². The van der Waals surface area contributed by atoms with Crippen LogP contribution in [0.2, 0.25) is 0 Å². The number of hydrogen-bond acceptors (Lipinski definition) is 17. The van der Waals surface area contributed by atoms with Gasteiger partial charge in [-0.3, -0.25) is 29.3 Å². The number of nitrogens with two attached hydrogens (primary N) is 1. The summed E-state index contributed by atoms with van der Waals surface area (Å²) in [7, 11) is 1.30. The number of hydrogen-bond donors (Lipinski definition) is 7. The van der Waals surface area contributed by atoms with Crippen LogP contribution in [0.5, 0.6) is 23.0 Å². The predicted molar refractivity (Wildman–Crippen MR) is 232 cm³/mol. The van der Waals surface area contributed by atoms with Crippen LogP contribution >= 0.6 is 0 Å². The van der Waals surface area contributed by atoms with Gasteiger partial charge in [-0.25, -0.2) is 4.79 Å². The minimum atomic E-state index is -2.55. The molecule has 3 aliphatic rings. The van der Waals surface area contributed by atoms with E-state index in [-0.39, 0.29) is 72.3 Å². The van der Waals surface area contributed by atoms with Crippen molar-refractivity contribution in [2.24, 2.45) is 5.73 Å². The van der Waals surface area contributed by atoms with E-state index in [1.54, 1.807) is 47.6 Å². The Kier molecular flexibility index (Phi) is 14.9. The van der Waals surface area contributed by atoms with Crippen LogP contribution in [-0.2, 0) is 45.2 Å². The van der Waals surface area contributed by atoms with Gasteiger partial charge in [0.05, 0.1) is 55.3 Å². The molecule has 356 valence electrons. The van der Waals surface area contributed by atoms with E-state index in [1.165, 1.54) is 25.3 Å². The molecule has 0 saturated carbocycles. The van der Waals surface area contributed by atoms with Gasteiger partial charge in [0, 0.05) is 72.4 Å². The minimum absolute atomic E-state index is 0.0398. The fourth-order valence-electron chi connectivity index (χ4n) is 9.01. The summed E-state index contributed by atoms with van der Waals surface area (Å²) in [6, 6.07) is 6.89. The summed E-state index contributed by atoms with van der Waals surface area (Å²) in [5.41, 5.74) is 2.46. The number of carbonyl (C=O) groups excluding carboxylic acids is 6. The third-order valence-electron chi connectivity index (χ3n) is 12.1. The quantitative estimate of drug-likeness (QED) is 0.0390. The third kappa shape index (κ3) is 10.1. The smallest absolute Gasteiger partial charge is 0.507 e. The fraction of sp³-hybridized carbons (Fsp3) is 0.489. The maximum absolute atomic E-state index is 14.2. The molecule has 19 nitrogen and oxygen atoms in total. The number of aliphatic hydroxyl groups excluding tert-OH is 1. The molecule has 4 unspecified atom stereocenters. The molecule has 1 aliphatic heterocycles. The molecule has 2 aliphatic carbocycles. The highest BCUT2D eigenvalue weighted by atomic mass is 16.7. The average molecular weight is 920 g/mol. The van der Waals surface area contributed by atoms with E-state index >= 15 is 0 Å². The van der Waals surface area contributed by atoms with Gasteiger partial charge in [-0.1, -0.05) is 39.0 Å². The molecule has 0 radical (unpaired) electrons. The van der Waals surface area contributed by atoms with Crippen LogP contribution in [0.25, 0.3) is 0 Å². The Morgan fingerprint density at radius 1 is 0.970 bits per heavy atom. The number of rotatable bonds is 15. The van der Waals surface area contributed by atoms with Gasteiger partial charge in [0.1, 0.15) is 29.6 Å². The second-order valence-corrected chi connectivity index (χ2v) is 17.5. The first-order valence-corrected chi connectivity index (χ1v) is 21.6. The summed E-state index contributed by atoms with van der Waals surface area (Å²) in [5.74, 6) is -5.25. The van der Waals surface area contributed by atoms with Crippen LogP contribution in [-0.4, -0.2) is 119 Å². The second kappa shape index (κ2) is 19.9. The maximum atomic E-state index is 14.2. The zero-order valence-electron chi connectivity index (χ0n) is 37.9. The molecular weight excluding hydrogens is 863 g/mol. The number of ketones is 2. The lowest BCUT2D eigenvalue weighted by atomic mass is 9.72. The molecule has 0 aromatic heterocycles. The SMILES string of the molecule is CCC(=O)NCCOCCOC(=O)Oc1cc(C)cc(C)c1C(C)(C)CC(=O)NC(=O)[C@]1(O)Cc2c(O)c3c(c(O)c2[C@@H](OC2CC(N)C(O)C(C)O2)C1)C(=O)c1c(OC)cccc1C3=O. The fourth-order valence-corrected chi connectivity index (χ4v) is 9.01. The van der Waals surface area contributed by atoms with Gasteiger partial charge in [0.15, 0.2) is 17.7 Å². The highest BCUT2D eigenvalue weighted by Gasteiger charge is 2.51. The van der Waals surface area contributed by atoms with Gasteiger partial charge in [0.25, 0.3) is 5.91 Å². The van der Waals surface area contributed by atoms with Crippen molar-refractivity contribution in [3.05, 3.63) is 80.4 Å². The Labute approximate surface area is 380 Å².